The Morgan fingerprint density at radius 1 is 1.15 bits per heavy atom. The topological polar surface area (TPSA) is 55.4 Å². The molecule has 0 heterocycles. The first kappa shape index (κ1) is 19.8. The van der Waals surface area contributed by atoms with E-state index in [4.69, 9.17) is 16.3 Å². The Morgan fingerprint density at radius 2 is 1.81 bits per heavy atom. The molecule has 0 unspecified atom stereocenters. The molecule has 0 spiro atoms. The average Bonchev–Trinajstić information content (AvgIpc) is 2.59. The molecule has 0 aliphatic carbocycles. The van der Waals surface area contributed by atoms with Crippen LogP contribution in [0.4, 0.5) is 13.2 Å². The van der Waals surface area contributed by atoms with Gasteiger partial charge >= 0.3 is 12.1 Å². The van der Waals surface area contributed by atoms with E-state index in [1.54, 1.807) is 31.2 Å². The molecule has 4 nitrogen and oxygen atoms in total. The van der Waals surface area contributed by atoms with Gasteiger partial charge in [0.25, 0.3) is 5.91 Å². The van der Waals surface area contributed by atoms with Crippen LogP contribution in [0.1, 0.15) is 34.5 Å². The van der Waals surface area contributed by atoms with Crippen LogP contribution in [-0.4, -0.2) is 18.5 Å². The lowest BCUT2D eigenvalue weighted by atomic mass is 10.1. The fourth-order valence-electron chi connectivity index (χ4n) is 2.15. The van der Waals surface area contributed by atoms with Crippen molar-refractivity contribution in [2.45, 2.75) is 19.1 Å². The summed E-state index contributed by atoms with van der Waals surface area (Å²) < 4.78 is 42.3. The van der Waals surface area contributed by atoms with Crippen molar-refractivity contribution in [3.8, 4) is 0 Å². The Balaban J connectivity index is 1.87. The molecule has 0 aliphatic heterocycles. The lowest BCUT2D eigenvalue weighted by Crippen LogP contribution is -2.31. The van der Waals surface area contributed by atoms with Crippen molar-refractivity contribution in [3.63, 3.8) is 0 Å². The van der Waals surface area contributed by atoms with Crippen LogP contribution in [0.5, 0.6) is 0 Å². The Morgan fingerprint density at radius 3 is 2.38 bits per heavy atom. The highest BCUT2D eigenvalue weighted by Gasteiger charge is 2.30. The first-order valence-electron chi connectivity index (χ1n) is 7.56. The van der Waals surface area contributed by atoms with Crippen LogP contribution in [0.2, 0.25) is 5.02 Å². The lowest BCUT2D eigenvalue weighted by molar-refractivity contribution is -0.137. The number of amides is 1. The zero-order chi connectivity index (χ0) is 19.3. The number of alkyl halides is 3. The zero-order valence-corrected chi connectivity index (χ0v) is 14.4. The van der Waals surface area contributed by atoms with Gasteiger partial charge in [0.1, 0.15) is 0 Å². The van der Waals surface area contributed by atoms with E-state index in [9.17, 15) is 22.8 Å². The van der Waals surface area contributed by atoms with Crippen molar-refractivity contribution in [1.82, 2.24) is 5.32 Å². The van der Waals surface area contributed by atoms with E-state index in [2.05, 4.69) is 5.32 Å². The quantitative estimate of drug-likeness (QED) is 0.776. The molecule has 2 aromatic carbocycles. The first-order valence-corrected chi connectivity index (χ1v) is 7.94. The van der Waals surface area contributed by atoms with E-state index >= 15 is 0 Å². The standard InChI is InChI=1S/C18H15ClF3NO3/c1-11(13-3-2-4-15(19)9-13)23-16(24)10-26-17(25)12-5-7-14(8-6-12)18(20,21)22/h2-9,11H,10H2,1H3,(H,23,24)/t11-/m1/s1. The third-order valence-electron chi connectivity index (χ3n) is 3.51. The van der Waals surface area contributed by atoms with Gasteiger partial charge in [-0.05, 0) is 48.9 Å². The molecule has 8 heteroatoms. The molecule has 1 atom stereocenters. The van der Waals surface area contributed by atoms with Crippen LogP contribution < -0.4 is 5.32 Å². The second-order valence-corrected chi connectivity index (χ2v) is 5.93. The van der Waals surface area contributed by atoms with Gasteiger partial charge in [-0.25, -0.2) is 4.79 Å². The van der Waals surface area contributed by atoms with Gasteiger partial charge in [0.2, 0.25) is 0 Å². The van der Waals surface area contributed by atoms with Crippen LogP contribution in [0.3, 0.4) is 0 Å². The number of hydrogen-bond acceptors (Lipinski definition) is 3. The molecule has 1 N–H and O–H groups in total. The number of ether oxygens (including phenoxy) is 1. The van der Waals surface area contributed by atoms with E-state index in [0.717, 1.165) is 29.8 Å². The maximum absolute atomic E-state index is 12.5. The summed E-state index contributed by atoms with van der Waals surface area (Å²) in [5.74, 6) is -1.43. The largest absolute Gasteiger partial charge is 0.452 e. The van der Waals surface area contributed by atoms with Crippen LogP contribution in [-0.2, 0) is 15.7 Å². The van der Waals surface area contributed by atoms with Crippen molar-refractivity contribution in [2.75, 3.05) is 6.61 Å². The summed E-state index contributed by atoms with van der Waals surface area (Å²) in [6.07, 6.45) is -4.49. The van der Waals surface area contributed by atoms with E-state index < -0.39 is 30.2 Å². The Hall–Kier alpha value is -2.54. The highest BCUT2D eigenvalue weighted by Crippen LogP contribution is 2.29. The number of hydrogen-bond donors (Lipinski definition) is 1. The van der Waals surface area contributed by atoms with Crippen molar-refractivity contribution in [2.24, 2.45) is 0 Å². The van der Waals surface area contributed by atoms with Crippen LogP contribution >= 0.6 is 11.6 Å². The molecule has 138 valence electrons. The number of nitrogens with one attached hydrogen (secondary N) is 1. The molecular weight excluding hydrogens is 371 g/mol. The Bertz CT molecular complexity index is 791. The summed E-state index contributed by atoms with van der Waals surface area (Å²) in [6, 6.07) is 10.1. The molecule has 2 aromatic rings. The number of halogens is 4. The van der Waals surface area contributed by atoms with Gasteiger partial charge in [0, 0.05) is 5.02 Å². The number of carbonyl (C=O) groups is 2. The van der Waals surface area contributed by atoms with Crippen LogP contribution in [0.15, 0.2) is 48.5 Å². The summed E-state index contributed by atoms with van der Waals surface area (Å²) >= 11 is 5.88. The number of esters is 1. The molecule has 0 saturated carbocycles. The second kappa shape index (κ2) is 8.23. The number of carbonyl (C=O) groups excluding carboxylic acids is 2. The third-order valence-corrected chi connectivity index (χ3v) is 3.74. The van der Waals surface area contributed by atoms with Gasteiger partial charge in [0.05, 0.1) is 17.2 Å². The molecule has 2 rings (SSSR count). The normalized spacial score (nSPS) is 12.3. The van der Waals surface area contributed by atoms with Gasteiger partial charge in [-0.15, -0.1) is 0 Å². The molecular formula is C18H15ClF3NO3. The minimum absolute atomic E-state index is 0.0753. The minimum atomic E-state index is -4.49. The molecule has 0 aromatic heterocycles. The average molecular weight is 386 g/mol. The predicted molar refractivity (Wildman–Crippen MR) is 89.7 cm³/mol. The first-order chi connectivity index (χ1) is 12.2. The highest BCUT2D eigenvalue weighted by molar-refractivity contribution is 6.30. The molecule has 0 saturated heterocycles. The monoisotopic (exact) mass is 385 g/mol. The third kappa shape index (κ3) is 5.49. The predicted octanol–water partition coefficient (Wildman–Crippen LogP) is 4.39. The van der Waals surface area contributed by atoms with Crippen molar-refractivity contribution in [3.05, 3.63) is 70.2 Å². The molecule has 0 fully saturated rings. The summed E-state index contributed by atoms with van der Waals surface area (Å²) in [7, 11) is 0. The zero-order valence-electron chi connectivity index (χ0n) is 13.6. The summed E-state index contributed by atoms with van der Waals surface area (Å²) in [5.41, 5.74) is -0.171. The van der Waals surface area contributed by atoms with Crippen molar-refractivity contribution >= 4 is 23.5 Å². The Kier molecular flexibility index (Phi) is 6.26. The van der Waals surface area contributed by atoms with Crippen molar-refractivity contribution < 1.29 is 27.5 Å². The van der Waals surface area contributed by atoms with Crippen molar-refractivity contribution in [1.29, 1.82) is 0 Å². The minimum Gasteiger partial charge on any atom is -0.452 e. The van der Waals surface area contributed by atoms with Gasteiger partial charge in [0.15, 0.2) is 6.61 Å². The number of rotatable bonds is 5. The van der Waals surface area contributed by atoms with E-state index in [1.807, 2.05) is 0 Å². The fraction of sp³-hybridized carbons (Fsp3) is 0.222. The van der Waals surface area contributed by atoms with Crippen LogP contribution in [0.25, 0.3) is 0 Å². The van der Waals surface area contributed by atoms with E-state index in [-0.39, 0.29) is 11.6 Å². The maximum Gasteiger partial charge on any atom is 0.416 e. The number of benzene rings is 2. The van der Waals surface area contributed by atoms with E-state index in [1.165, 1.54) is 0 Å². The highest BCUT2D eigenvalue weighted by atomic mass is 35.5. The van der Waals surface area contributed by atoms with Gasteiger partial charge in [-0.3, -0.25) is 4.79 Å². The molecule has 0 radical (unpaired) electrons. The van der Waals surface area contributed by atoms with Gasteiger partial charge < -0.3 is 10.1 Å². The molecule has 1 amide bonds. The lowest BCUT2D eigenvalue weighted by Gasteiger charge is -2.14. The maximum atomic E-state index is 12.5. The van der Waals surface area contributed by atoms with Gasteiger partial charge in [-0.2, -0.15) is 13.2 Å². The summed E-state index contributed by atoms with van der Waals surface area (Å²) in [4.78, 5) is 23.7. The smallest absolute Gasteiger partial charge is 0.416 e. The fourth-order valence-corrected chi connectivity index (χ4v) is 2.35. The SMILES string of the molecule is C[C@@H](NC(=O)COC(=O)c1ccc(C(F)(F)F)cc1)c1cccc(Cl)c1. The Labute approximate surface area is 152 Å². The second-order valence-electron chi connectivity index (χ2n) is 5.50. The van der Waals surface area contributed by atoms with Crippen LogP contribution in [0, 0.1) is 0 Å². The molecule has 0 aliphatic rings. The summed E-state index contributed by atoms with van der Waals surface area (Å²) in [6.45, 7) is 1.19. The molecule has 0 bridgehead atoms. The van der Waals surface area contributed by atoms with Gasteiger partial charge in [-0.1, -0.05) is 23.7 Å². The van der Waals surface area contributed by atoms with E-state index in [0.29, 0.717) is 5.02 Å². The molecule has 26 heavy (non-hydrogen) atoms. The summed E-state index contributed by atoms with van der Waals surface area (Å²) in [5, 5.41) is 3.16.